The summed E-state index contributed by atoms with van der Waals surface area (Å²) in [4.78, 5) is 6.63. The second-order valence-electron chi connectivity index (χ2n) is 5.64. The zero-order chi connectivity index (χ0) is 14.3. The SMILES string of the molecule is CC(CO)c1ccc(N2CC[C@H]2C)c2cnc(Cl)cc12. The quantitative estimate of drug-likeness (QED) is 0.878. The predicted octanol–water partition coefficient (Wildman–Crippen LogP) is 3.58. The molecule has 4 heteroatoms. The minimum atomic E-state index is 0.0961. The van der Waals surface area contributed by atoms with Gasteiger partial charge in [-0.15, -0.1) is 0 Å². The molecule has 0 bridgehead atoms. The molecule has 2 aromatic rings. The molecule has 20 heavy (non-hydrogen) atoms. The Labute approximate surface area is 124 Å². The molecule has 1 aliphatic rings. The maximum Gasteiger partial charge on any atom is 0.129 e. The Balaban J connectivity index is 2.20. The van der Waals surface area contributed by atoms with Gasteiger partial charge in [-0.2, -0.15) is 0 Å². The molecule has 3 rings (SSSR count). The highest BCUT2D eigenvalue weighted by molar-refractivity contribution is 6.30. The number of nitrogens with zero attached hydrogens (tertiary/aromatic N) is 2. The van der Waals surface area contributed by atoms with E-state index in [1.807, 2.05) is 19.2 Å². The highest BCUT2D eigenvalue weighted by Crippen LogP contribution is 2.37. The number of benzene rings is 1. The Morgan fingerprint density at radius 3 is 2.85 bits per heavy atom. The first kappa shape index (κ1) is 13.7. The van der Waals surface area contributed by atoms with Crippen LogP contribution in [-0.4, -0.2) is 29.3 Å². The van der Waals surface area contributed by atoms with Crippen molar-refractivity contribution in [3.8, 4) is 0 Å². The van der Waals surface area contributed by atoms with Gasteiger partial charge in [0.1, 0.15) is 5.15 Å². The third kappa shape index (κ3) is 2.15. The fourth-order valence-electron chi connectivity index (χ4n) is 2.87. The molecule has 1 saturated heterocycles. The number of rotatable bonds is 3. The second-order valence-corrected chi connectivity index (χ2v) is 6.03. The standard InChI is InChI=1S/C16H19ClN2O/c1-10(9-20)12-3-4-15(19-6-5-11(19)2)14-8-18-16(17)7-13(12)14/h3-4,7-8,10-11,20H,5-6,9H2,1-2H3/t10?,11-/m1/s1. The lowest BCUT2D eigenvalue weighted by Crippen LogP contribution is -2.45. The van der Waals surface area contributed by atoms with E-state index >= 15 is 0 Å². The van der Waals surface area contributed by atoms with E-state index in [1.54, 1.807) is 0 Å². The summed E-state index contributed by atoms with van der Waals surface area (Å²) in [5.41, 5.74) is 2.35. The van der Waals surface area contributed by atoms with Gasteiger partial charge in [0.25, 0.3) is 0 Å². The molecule has 1 aromatic heterocycles. The van der Waals surface area contributed by atoms with Crippen LogP contribution in [0.2, 0.25) is 5.15 Å². The molecule has 3 nitrogen and oxygen atoms in total. The first-order valence-corrected chi connectivity index (χ1v) is 7.45. The van der Waals surface area contributed by atoms with E-state index in [9.17, 15) is 5.11 Å². The van der Waals surface area contributed by atoms with Gasteiger partial charge >= 0.3 is 0 Å². The van der Waals surface area contributed by atoms with Crippen LogP contribution < -0.4 is 4.90 Å². The fraction of sp³-hybridized carbons (Fsp3) is 0.438. The van der Waals surface area contributed by atoms with Crippen molar-refractivity contribution in [2.75, 3.05) is 18.1 Å². The fourth-order valence-corrected chi connectivity index (χ4v) is 3.03. The van der Waals surface area contributed by atoms with Gasteiger partial charge in [0.15, 0.2) is 0 Å². The first-order chi connectivity index (χ1) is 9.61. The molecule has 0 spiro atoms. The summed E-state index contributed by atoms with van der Waals surface area (Å²) in [5.74, 6) is 0.0961. The average Bonchev–Trinajstić information content (AvgIpc) is 2.44. The van der Waals surface area contributed by atoms with E-state index in [-0.39, 0.29) is 12.5 Å². The van der Waals surface area contributed by atoms with Crippen molar-refractivity contribution in [1.82, 2.24) is 4.98 Å². The Kier molecular flexibility index (Phi) is 3.57. The largest absolute Gasteiger partial charge is 0.396 e. The Bertz CT molecular complexity index is 644. The van der Waals surface area contributed by atoms with Crippen LogP contribution in [-0.2, 0) is 0 Å². The number of aliphatic hydroxyl groups excluding tert-OH is 1. The monoisotopic (exact) mass is 290 g/mol. The third-order valence-electron chi connectivity index (χ3n) is 4.31. The summed E-state index contributed by atoms with van der Waals surface area (Å²) in [6.07, 6.45) is 3.09. The minimum absolute atomic E-state index is 0.0961. The van der Waals surface area contributed by atoms with Gasteiger partial charge in [-0.1, -0.05) is 24.6 Å². The average molecular weight is 291 g/mol. The second kappa shape index (κ2) is 5.23. The molecule has 1 aromatic carbocycles. The number of aromatic nitrogens is 1. The summed E-state index contributed by atoms with van der Waals surface area (Å²) in [6.45, 7) is 5.49. The molecule has 0 saturated carbocycles. The molecule has 0 aliphatic carbocycles. The van der Waals surface area contributed by atoms with E-state index in [0.29, 0.717) is 11.2 Å². The maximum absolute atomic E-state index is 9.44. The smallest absolute Gasteiger partial charge is 0.129 e. The van der Waals surface area contributed by atoms with E-state index in [2.05, 4.69) is 28.9 Å². The predicted molar refractivity (Wildman–Crippen MR) is 83.7 cm³/mol. The molecular weight excluding hydrogens is 272 g/mol. The molecular formula is C16H19ClN2O. The van der Waals surface area contributed by atoms with Gasteiger partial charge in [0, 0.05) is 42.4 Å². The Hall–Kier alpha value is -1.32. The van der Waals surface area contributed by atoms with Gasteiger partial charge in [0.2, 0.25) is 0 Å². The molecule has 1 aliphatic heterocycles. The van der Waals surface area contributed by atoms with Crippen LogP contribution in [0, 0.1) is 0 Å². The van der Waals surface area contributed by atoms with E-state index in [4.69, 9.17) is 11.6 Å². The van der Waals surface area contributed by atoms with Crippen LogP contribution in [0.4, 0.5) is 5.69 Å². The van der Waals surface area contributed by atoms with Crippen molar-refractivity contribution >= 4 is 28.1 Å². The van der Waals surface area contributed by atoms with E-state index in [0.717, 1.165) is 22.9 Å². The number of hydrogen-bond acceptors (Lipinski definition) is 3. The summed E-state index contributed by atoms with van der Waals surface area (Å²) < 4.78 is 0. The van der Waals surface area contributed by atoms with Crippen molar-refractivity contribution in [2.45, 2.75) is 32.2 Å². The van der Waals surface area contributed by atoms with Crippen LogP contribution in [0.1, 0.15) is 31.7 Å². The molecule has 0 amide bonds. The molecule has 1 fully saturated rings. The van der Waals surface area contributed by atoms with Gasteiger partial charge in [-0.25, -0.2) is 4.98 Å². The summed E-state index contributed by atoms with van der Waals surface area (Å²) in [6, 6.07) is 6.75. The number of fused-ring (bicyclic) bond motifs is 1. The topological polar surface area (TPSA) is 36.4 Å². The lowest BCUT2D eigenvalue weighted by molar-refractivity contribution is 0.273. The van der Waals surface area contributed by atoms with Crippen LogP contribution in [0.15, 0.2) is 24.4 Å². The molecule has 106 valence electrons. The maximum atomic E-state index is 9.44. The van der Waals surface area contributed by atoms with Gasteiger partial charge in [0.05, 0.1) is 0 Å². The van der Waals surface area contributed by atoms with Crippen molar-refractivity contribution in [1.29, 1.82) is 0 Å². The summed E-state index contributed by atoms with van der Waals surface area (Å²) >= 11 is 6.06. The lowest BCUT2D eigenvalue weighted by atomic mass is 9.93. The van der Waals surface area contributed by atoms with Crippen molar-refractivity contribution in [3.05, 3.63) is 35.1 Å². The minimum Gasteiger partial charge on any atom is -0.396 e. The number of hydrogen-bond donors (Lipinski definition) is 1. The van der Waals surface area contributed by atoms with E-state index < -0.39 is 0 Å². The highest BCUT2D eigenvalue weighted by Gasteiger charge is 2.26. The van der Waals surface area contributed by atoms with Crippen molar-refractivity contribution in [3.63, 3.8) is 0 Å². The molecule has 2 heterocycles. The zero-order valence-electron chi connectivity index (χ0n) is 11.8. The molecule has 1 N–H and O–H groups in total. The number of anilines is 1. The lowest BCUT2D eigenvalue weighted by Gasteiger charge is -2.41. The first-order valence-electron chi connectivity index (χ1n) is 7.07. The number of halogens is 1. The normalized spacial score (nSPS) is 20.0. The van der Waals surface area contributed by atoms with Crippen LogP contribution in [0.5, 0.6) is 0 Å². The number of pyridine rings is 1. The third-order valence-corrected chi connectivity index (χ3v) is 4.52. The van der Waals surface area contributed by atoms with Gasteiger partial charge < -0.3 is 10.0 Å². The van der Waals surface area contributed by atoms with Crippen molar-refractivity contribution in [2.24, 2.45) is 0 Å². The van der Waals surface area contributed by atoms with Gasteiger partial charge in [-0.05, 0) is 36.4 Å². The zero-order valence-corrected chi connectivity index (χ0v) is 12.6. The number of aliphatic hydroxyl groups is 1. The molecule has 2 atom stereocenters. The Morgan fingerprint density at radius 2 is 2.25 bits per heavy atom. The van der Waals surface area contributed by atoms with Crippen LogP contribution >= 0.6 is 11.6 Å². The molecule has 0 radical (unpaired) electrons. The van der Waals surface area contributed by atoms with Crippen LogP contribution in [0.25, 0.3) is 10.8 Å². The highest BCUT2D eigenvalue weighted by atomic mass is 35.5. The molecule has 1 unspecified atom stereocenters. The van der Waals surface area contributed by atoms with Crippen LogP contribution in [0.3, 0.4) is 0 Å². The van der Waals surface area contributed by atoms with E-state index in [1.165, 1.54) is 12.1 Å². The summed E-state index contributed by atoms with van der Waals surface area (Å²) in [7, 11) is 0. The Morgan fingerprint density at radius 1 is 1.45 bits per heavy atom. The van der Waals surface area contributed by atoms with Gasteiger partial charge in [-0.3, -0.25) is 0 Å². The van der Waals surface area contributed by atoms with Crippen molar-refractivity contribution < 1.29 is 5.11 Å². The summed E-state index contributed by atoms with van der Waals surface area (Å²) in [5, 5.41) is 12.2.